The van der Waals surface area contributed by atoms with Gasteiger partial charge in [-0.1, -0.05) is 35.3 Å². The highest BCUT2D eigenvalue weighted by Crippen LogP contribution is 2.33. The fourth-order valence-corrected chi connectivity index (χ4v) is 4.17. The molecule has 0 aliphatic carbocycles. The lowest BCUT2D eigenvalue weighted by molar-refractivity contribution is 0.104. The predicted octanol–water partition coefficient (Wildman–Crippen LogP) is 6.20. The maximum atomic E-state index is 12.6. The van der Waals surface area contributed by atoms with Crippen LogP contribution in [0.2, 0.25) is 10.0 Å². The first kappa shape index (κ1) is 14.1. The van der Waals surface area contributed by atoms with Gasteiger partial charge in [0.1, 0.15) is 0 Å². The lowest BCUT2D eigenvalue weighted by Crippen LogP contribution is -2.00. The Morgan fingerprint density at radius 1 is 1.10 bits per heavy atom. The zero-order valence-corrected chi connectivity index (χ0v) is 13.9. The van der Waals surface area contributed by atoms with Crippen molar-refractivity contribution in [2.24, 2.45) is 0 Å². The van der Waals surface area contributed by atoms with Gasteiger partial charge in [-0.15, -0.1) is 11.3 Å². The number of fused-ring (bicyclic) bond motifs is 1. The normalized spacial score (nSPS) is 10.9. The highest BCUT2D eigenvalue weighted by molar-refractivity contribution is 9.10. The molecule has 100 valence electrons. The first-order chi connectivity index (χ1) is 9.56. The molecule has 0 bridgehead atoms. The number of halogens is 3. The van der Waals surface area contributed by atoms with Crippen molar-refractivity contribution in [2.45, 2.75) is 0 Å². The Hall–Kier alpha value is -0.870. The molecule has 0 aliphatic heterocycles. The monoisotopic (exact) mass is 384 g/mol. The molecule has 0 saturated heterocycles. The highest BCUT2D eigenvalue weighted by atomic mass is 79.9. The van der Waals surface area contributed by atoms with Gasteiger partial charge in [0.15, 0.2) is 5.78 Å². The van der Waals surface area contributed by atoms with Gasteiger partial charge >= 0.3 is 0 Å². The minimum Gasteiger partial charge on any atom is -0.289 e. The lowest BCUT2D eigenvalue weighted by atomic mass is 10.0. The van der Waals surface area contributed by atoms with Crippen molar-refractivity contribution in [1.29, 1.82) is 0 Å². The molecule has 0 radical (unpaired) electrons. The smallest absolute Gasteiger partial charge is 0.194 e. The number of hydrogen-bond acceptors (Lipinski definition) is 2. The van der Waals surface area contributed by atoms with Crippen molar-refractivity contribution >= 4 is 66.3 Å². The topological polar surface area (TPSA) is 17.1 Å². The molecule has 20 heavy (non-hydrogen) atoms. The third-order valence-electron chi connectivity index (χ3n) is 2.92. The minimum absolute atomic E-state index is 0.0706. The molecule has 2 aromatic carbocycles. The van der Waals surface area contributed by atoms with Gasteiger partial charge in [0, 0.05) is 41.1 Å². The molecule has 0 aliphatic rings. The molecule has 3 rings (SSSR count). The van der Waals surface area contributed by atoms with Crippen molar-refractivity contribution in [1.82, 2.24) is 0 Å². The van der Waals surface area contributed by atoms with E-state index in [1.165, 1.54) is 11.3 Å². The van der Waals surface area contributed by atoms with E-state index in [2.05, 4.69) is 15.9 Å². The van der Waals surface area contributed by atoms with Crippen LogP contribution in [0.5, 0.6) is 0 Å². The van der Waals surface area contributed by atoms with Gasteiger partial charge < -0.3 is 0 Å². The summed E-state index contributed by atoms with van der Waals surface area (Å²) in [6.07, 6.45) is 0. The third kappa shape index (κ3) is 2.51. The molecule has 0 fully saturated rings. The van der Waals surface area contributed by atoms with Crippen LogP contribution in [0.3, 0.4) is 0 Å². The summed E-state index contributed by atoms with van der Waals surface area (Å²) < 4.78 is 2.05. The summed E-state index contributed by atoms with van der Waals surface area (Å²) in [5, 5.41) is 3.72. The maximum Gasteiger partial charge on any atom is 0.194 e. The second-order valence-electron chi connectivity index (χ2n) is 4.25. The molecule has 3 aromatic rings. The molecule has 0 N–H and O–H groups in total. The molecule has 1 aromatic heterocycles. The van der Waals surface area contributed by atoms with Crippen LogP contribution in [0.15, 0.2) is 46.3 Å². The third-order valence-corrected chi connectivity index (χ3v) is 5.31. The molecule has 0 saturated carbocycles. The van der Waals surface area contributed by atoms with Gasteiger partial charge in [0.2, 0.25) is 0 Å². The summed E-state index contributed by atoms with van der Waals surface area (Å²) >= 11 is 16.9. The number of carbonyl (C=O) groups is 1. The maximum absolute atomic E-state index is 12.6. The largest absolute Gasteiger partial charge is 0.289 e. The average molecular weight is 386 g/mol. The zero-order valence-electron chi connectivity index (χ0n) is 9.99. The van der Waals surface area contributed by atoms with E-state index < -0.39 is 0 Å². The Morgan fingerprint density at radius 2 is 1.80 bits per heavy atom. The van der Waals surface area contributed by atoms with E-state index in [0.29, 0.717) is 21.2 Å². The van der Waals surface area contributed by atoms with Gasteiger partial charge in [-0.25, -0.2) is 0 Å². The van der Waals surface area contributed by atoms with Crippen molar-refractivity contribution in [2.75, 3.05) is 0 Å². The molecule has 0 amide bonds. The Labute approximate surface area is 138 Å². The second-order valence-corrected chi connectivity index (χ2v) is 6.86. The van der Waals surface area contributed by atoms with Gasteiger partial charge in [0.05, 0.1) is 0 Å². The SMILES string of the molecule is O=C(c1cc(Cl)cc(Cl)c1)c1csc2c(Br)cccc12. The molecular formula is C15H7BrCl2OS. The zero-order chi connectivity index (χ0) is 14.3. The van der Waals surface area contributed by atoms with E-state index in [-0.39, 0.29) is 5.78 Å². The van der Waals surface area contributed by atoms with Crippen LogP contribution in [0.1, 0.15) is 15.9 Å². The number of ketones is 1. The second kappa shape index (κ2) is 5.49. The molecule has 0 spiro atoms. The van der Waals surface area contributed by atoms with E-state index in [4.69, 9.17) is 23.2 Å². The molecule has 0 atom stereocenters. The summed E-state index contributed by atoms with van der Waals surface area (Å²) in [6.45, 7) is 0. The fourth-order valence-electron chi connectivity index (χ4n) is 2.04. The van der Waals surface area contributed by atoms with Crippen molar-refractivity contribution in [3.8, 4) is 0 Å². The average Bonchev–Trinajstić information content (AvgIpc) is 2.82. The summed E-state index contributed by atoms with van der Waals surface area (Å²) in [4.78, 5) is 12.6. The van der Waals surface area contributed by atoms with Crippen LogP contribution in [0.4, 0.5) is 0 Å². The number of hydrogen-bond donors (Lipinski definition) is 0. The highest BCUT2D eigenvalue weighted by Gasteiger charge is 2.16. The van der Waals surface area contributed by atoms with Gasteiger partial charge in [-0.3, -0.25) is 4.79 Å². The van der Waals surface area contributed by atoms with Crippen molar-refractivity contribution in [3.05, 3.63) is 67.4 Å². The molecule has 5 heteroatoms. The first-order valence-electron chi connectivity index (χ1n) is 5.73. The van der Waals surface area contributed by atoms with E-state index in [1.54, 1.807) is 18.2 Å². The summed E-state index contributed by atoms with van der Waals surface area (Å²) in [7, 11) is 0. The molecule has 1 heterocycles. The molecule has 1 nitrogen and oxygen atoms in total. The van der Waals surface area contributed by atoms with Crippen LogP contribution in [0.25, 0.3) is 10.1 Å². The quantitative estimate of drug-likeness (QED) is 0.480. The number of rotatable bonds is 2. The summed E-state index contributed by atoms with van der Waals surface area (Å²) in [6, 6.07) is 10.7. The van der Waals surface area contributed by atoms with Crippen molar-refractivity contribution in [3.63, 3.8) is 0 Å². The van der Waals surface area contributed by atoms with Gasteiger partial charge in [0.25, 0.3) is 0 Å². The first-order valence-corrected chi connectivity index (χ1v) is 8.15. The Balaban J connectivity index is 2.15. The summed E-state index contributed by atoms with van der Waals surface area (Å²) in [5.41, 5.74) is 1.17. The standard InChI is InChI=1S/C15H7BrCl2OS/c16-13-3-1-2-11-12(7-20-15(11)13)14(19)8-4-9(17)6-10(18)5-8/h1-7H. The van der Waals surface area contributed by atoms with Gasteiger partial charge in [-0.2, -0.15) is 0 Å². The Kier molecular flexibility index (Phi) is 3.87. The lowest BCUT2D eigenvalue weighted by Gasteiger charge is -2.02. The summed E-state index contributed by atoms with van der Waals surface area (Å²) in [5.74, 6) is -0.0706. The van der Waals surface area contributed by atoms with Crippen LogP contribution in [-0.4, -0.2) is 5.78 Å². The van der Waals surface area contributed by atoms with E-state index >= 15 is 0 Å². The number of benzene rings is 2. The number of thiophene rings is 1. The minimum atomic E-state index is -0.0706. The van der Waals surface area contributed by atoms with Crippen LogP contribution >= 0.6 is 50.5 Å². The Bertz CT molecular complexity index is 806. The van der Waals surface area contributed by atoms with Crippen LogP contribution in [-0.2, 0) is 0 Å². The van der Waals surface area contributed by atoms with Crippen LogP contribution < -0.4 is 0 Å². The molecule has 0 unspecified atom stereocenters. The van der Waals surface area contributed by atoms with E-state index in [9.17, 15) is 4.79 Å². The van der Waals surface area contributed by atoms with Crippen molar-refractivity contribution < 1.29 is 4.79 Å². The van der Waals surface area contributed by atoms with Gasteiger partial charge in [-0.05, 0) is 40.2 Å². The molecular weight excluding hydrogens is 379 g/mol. The predicted molar refractivity (Wildman–Crippen MR) is 89.4 cm³/mol. The fraction of sp³-hybridized carbons (Fsp3) is 0. The number of carbonyl (C=O) groups excluding carboxylic acids is 1. The van der Waals surface area contributed by atoms with Crippen LogP contribution in [0, 0.1) is 0 Å². The van der Waals surface area contributed by atoms with E-state index in [0.717, 1.165) is 14.6 Å². The van der Waals surface area contributed by atoms with E-state index in [1.807, 2.05) is 23.6 Å². The Morgan fingerprint density at radius 3 is 2.50 bits per heavy atom.